The van der Waals surface area contributed by atoms with E-state index in [0.717, 1.165) is 12.1 Å². The third-order valence-corrected chi connectivity index (χ3v) is 3.69. The molecule has 124 valence electrons. The van der Waals surface area contributed by atoms with Crippen LogP contribution in [0.15, 0.2) is 54.6 Å². The van der Waals surface area contributed by atoms with Crippen LogP contribution in [-0.4, -0.2) is 6.29 Å². The molecule has 3 nitrogen and oxygen atoms in total. The summed E-state index contributed by atoms with van der Waals surface area (Å²) in [5.74, 6) is 0.273. The summed E-state index contributed by atoms with van der Waals surface area (Å²) in [4.78, 5) is 11.1. The van der Waals surface area contributed by atoms with Crippen molar-refractivity contribution in [3.8, 4) is 17.6 Å². The van der Waals surface area contributed by atoms with Crippen LogP contribution in [0.3, 0.4) is 0 Å². The Kier molecular flexibility index (Phi) is 4.15. The van der Waals surface area contributed by atoms with E-state index in [9.17, 15) is 18.0 Å². The van der Waals surface area contributed by atoms with Crippen molar-refractivity contribution < 1.29 is 22.7 Å². The second-order valence-corrected chi connectivity index (χ2v) is 5.24. The van der Waals surface area contributed by atoms with Crippen LogP contribution in [0.2, 0.25) is 0 Å². The van der Waals surface area contributed by atoms with Crippen LogP contribution >= 0.6 is 0 Å². The number of aldehydes is 1. The zero-order chi connectivity index (χ0) is 18.0. The molecule has 0 fully saturated rings. The Morgan fingerprint density at radius 1 is 1.00 bits per heavy atom. The zero-order valence-corrected chi connectivity index (χ0v) is 12.7. The molecule has 0 spiro atoms. The van der Waals surface area contributed by atoms with E-state index in [1.807, 2.05) is 0 Å². The Hall–Kier alpha value is -3.33. The number of nitriles is 1. The van der Waals surface area contributed by atoms with Crippen molar-refractivity contribution in [2.24, 2.45) is 0 Å². The SMILES string of the molecule is N#Cc1ccc(Oc2ccc(C=O)c3ccccc23)cc1C(F)(F)F. The Labute approximate surface area is 140 Å². The molecule has 25 heavy (non-hydrogen) atoms. The number of hydrogen-bond donors (Lipinski definition) is 0. The number of nitrogens with zero attached hydrogens (tertiary/aromatic N) is 1. The minimum absolute atomic E-state index is 0.0460. The summed E-state index contributed by atoms with van der Waals surface area (Å²) in [6.07, 6.45) is -3.95. The van der Waals surface area contributed by atoms with Crippen LogP contribution in [0, 0.1) is 11.3 Å². The first-order valence-corrected chi connectivity index (χ1v) is 7.20. The monoisotopic (exact) mass is 341 g/mol. The summed E-state index contributed by atoms with van der Waals surface area (Å²) in [7, 11) is 0. The fourth-order valence-electron chi connectivity index (χ4n) is 2.53. The first kappa shape index (κ1) is 16.5. The molecule has 3 aromatic rings. The largest absolute Gasteiger partial charge is 0.457 e. The average molecular weight is 341 g/mol. The minimum atomic E-state index is -4.66. The van der Waals surface area contributed by atoms with Gasteiger partial charge >= 0.3 is 6.18 Å². The lowest BCUT2D eigenvalue weighted by atomic mass is 10.0. The van der Waals surface area contributed by atoms with Crippen molar-refractivity contribution in [1.82, 2.24) is 0 Å². The predicted octanol–water partition coefficient (Wildman–Crippen LogP) is 5.34. The molecule has 0 amide bonds. The van der Waals surface area contributed by atoms with Crippen LogP contribution < -0.4 is 4.74 Å². The molecule has 3 aromatic carbocycles. The molecular formula is C19H10F3NO2. The summed E-state index contributed by atoms with van der Waals surface area (Å²) in [5.41, 5.74) is -1.07. The van der Waals surface area contributed by atoms with Gasteiger partial charge in [0.1, 0.15) is 11.5 Å². The number of fused-ring (bicyclic) bond motifs is 1. The Balaban J connectivity index is 2.09. The third-order valence-electron chi connectivity index (χ3n) is 3.69. The highest BCUT2D eigenvalue weighted by Gasteiger charge is 2.34. The second kappa shape index (κ2) is 6.29. The number of ether oxygens (including phenoxy) is 1. The van der Waals surface area contributed by atoms with Gasteiger partial charge in [-0.2, -0.15) is 18.4 Å². The molecule has 0 aliphatic rings. The number of carbonyl (C=O) groups excluding carboxylic acids is 1. The van der Waals surface area contributed by atoms with Crippen molar-refractivity contribution >= 4 is 17.1 Å². The fraction of sp³-hybridized carbons (Fsp3) is 0.0526. The topological polar surface area (TPSA) is 50.1 Å². The molecule has 0 aliphatic heterocycles. The summed E-state index contributed by atoms with van der Waals surface area (Å²) >= 11 is 0. The van der Waals surface area contributed by atoms with Crippen LogP contribution in [0.5, 0.6) is 11.5 Å². The van der Waals surface area contributed by atoms with Gasteiger partial charge in [0.15, 0.2) is 6.29 Å². The van der Waals surface area contributed by atoms with E-state index in [2.05, 4.69) is 0 Å². The lowest BCUT2D eigenvalue weighted by Crippen LogP contribution is -2.07. The molecule has 0 N–H and O–H groups in total. The van der Waals surface area contributed by atoms with Crippen LogP contribution in [0.4, 0.5) is 13.2 Å². The molecule has 0 aromatic heterocycles. The number of benzene rings is 3. The molecule has 0 unspecified atom stereocenters. The van der Waals surface area contributed by atoms with Crippen molar-refractivity contribution in [2.45, 2.75) is 6.18 Å². The number of rotatable bonds is 3. The van der Waals surface area contributed by atoms with Gasteiger partial charge in [-0.05, 0) is 35.7 Å². The standard InChI is InChI=1S/C19H10F3NO2/c20-19(21,22)17-9-14(7-5-12(17)10-23)25-18-8-6-13(11-24)15-3-1-2-4-16(15)18/h1-9,11H. The molecule has 0 saturated carbocycles. The number of carbonyl (C=O) groups is 1. The van der Waals surface area contributed by atoms with Crippen molar-refractivity contribution in [3.63, 3.8) is 0 Å². The van der Waals surface area contributed by atoms with Crippen molar-refractivity contribution in [3.05, 3.63) is 71.3 Å². The molecular weight excluding hydrogens is 331 g/mol. The lowest BCUT2D eigenvalue weighted by Gasteiger charge is -2.13. The number of halogens is 3. The highest BCUT2D eigenvalue weighted by Crippen LogP contribution is 2.37. The molecule has 3 rings (SSSR count). The lowest BCUT2D eigenvalue weighted by molar-refractivity contribution is -0.137. The number of alkyl halides is 3. The maximum absolute atomic E-state index is 13.1. The van der Waals surface area contributed by atoms with Gasteiger partial charge in [0.05, 0.1) is 17.2 Å². The molecule has 0 saturated heterocycles. The van der Waals surface area contributed by atoms with E-state index >= 15 is 0 Å². The van der Waals surface area contributed by atoms with E-state index in [1.54, 1.807) is 30.3 Å². The molecule has 0 bridgehead atoms. The maximum atomic E-state index is 13.1. The maximum Gasteiger partial charge on any atom is 0.417 e. The Morgan fingerprint density at radius 2 is 1.72 bits per heavy atom. The van der Waals surface area contributed by atoms with E-state index in [1.165, 1.54) is 18.2 Å². The minimum Gasteiger partial charge on any atom is -0.457 e. The zero-order valence-electron chi connectivity index (χ0n) is 12.7. The summed E-state index contributed by atoms with van der Waals surface area (Å²) in [6, 6.07) is 14.7. The smallest absolute Gasteiger partial charge is 0.417 e. The Morgan fingerprint density at radius 3 is 2.36 bits per heavy atom. The van der Waals surface area contributed by atoms with Gasteiger partial charge in [-0.3, -0.25) is 4.79 Å². The molecule has 0 radical (unpaired) electrons. The van der Waals surface area contributed by atoms with Gasteiger partial charge < -0.3 is 4.74 Å². The van der Waals surface area contributed by atoms with E-state index in [-0.39, 0.29) is 5.75 Å². The average Bonchev–Trinajstić information content (AvgIpc) is 2.61. The number of hydrogen-bond acceptors (Lipinski definition) is 3. The van der Waals surface area contributed by atoms with E-state index in [0.29, 0.717) is 28.4 Å². The fourth-order valence-corrected chi connectivity index (χ4v) is 2.53. The van der Waals surface area contributed by atoms with Gasteiger partial charge in [0.2, 0.25) is 0 Å². The normalized spacial score (nSPS) is 11.1. The molecule has 6 heteroatoms. The highest BCUT2D eigenvalue weighted by atomic mass is 19.4. The quantitative estimate of drug-likeness (QED) is 0.605. The van der Waals surface area contributed by atoms with E-state index in [4.69, 9.17) is 10.00 Å². The summed E-state index contributed by atoms with van der Waals surface area (Å²) in [6.45, 7) is 0. The highest BCUT2D eigenvalue weighted by molar-refractivity contribution is 6.01. The van der Waals surface area contributed by atoms with Gasteiger partial charge in [-0.15, -0.1) is 0 Å². The molecule has 0 aliphatic carbocycles. The van der Waals surface area contributed by atoms with Gasteiger partial charge in [-0.25, -0.2) is 0 Å². The first-order valence-electron chi connectivity index (χ1n) is 7.20. The first-order chi connectivity index (χ1) is 11.9. The van der Waals surface area contributed by atoms with Crippen molar-refractivity contribution in [1.29, 1.82) is 5.26 Å². The van der Waals surface area contributed by atoms with Gasteiger partial charge in [-0.1, -0.05) is 24.3 Å². The van der Waals surface area contributed by atoms with Crippen LogP contribution in [-0.2, 0) is 6.18 Å². The van der Waals surface area contributed by atoms with Gasteiger partial charge in [0.25, 0.3) is 0 Å². The molecule has 0 atom stereocenters. The van der Waals surface area contributed by atoms with Gasteiger partial charge in [0, 0.05) is 10.9 Å². The second-order valence-electron chi connectivity index (χ2n) is 5.24. The summed E-state index contributed by atoms with van der Waals surface area (Å²) < 4.78 is 44.8. The van der Waals surface area contributed by atoms with Crippen LogP contribution in [0.1, 0.15) is 21.5 Å². The van der Waals surface area contributed by atoms with Crippen LogP contribution in [0.25, 0.3) is 10.8 Å². The van der Waals surface area contributed by atoms with E-state index < -0.39 is 17.3 Å². The Bertz CT molecular complexity index is 1000. The summed E-state index contributed by atoms with van der Waals surface area (Å²) in [5, 5.41) is 10.1. The molecule has 0 heterocycles. The third kappa shape index (κ3) is 3.17. The van der Waals surface area contributed by atoms with Crippen molar-refractivity contribution in [2.75, 3.05) is 0 Å². The predicted molar refractivity (Wildman–Crippen MR) is 85.6 cm³/mol.